The number of nitrogens with one attached hydrogen (secondary N) is 1. The number of para-hydroxylation sites is 2. The monoisotopic (exact) mass is 718 g/mol. The maximum Gasteiger partial charge on any atom is 0.169 e. The fourth-order valence-corrected chi connectivity index (χ4v) is 7.17. The molecule has 4 nitrogen and oxygen atoms in total. The molecule has 258 valence electrons. The molecule has 1 atom stereocenters. The van der Waals surface area contributed by atoms with Gasteiger partial charge >= 0.3 is 0 Å². The largest absolute Gasteiger partial charge is 0.455 e. The van der Waals surface area contributed by atoms with E-state index in [1.807, 2.05) is 91.0 Å². The van der Waals surface area contributed by atoms with Gasteiger partial charge < -0.3 is 9.73 Å². The van der Waals surface area contributed by atoms with Crippen LogP contribution in [0.1, 0.15) is 43.4 Å². The Bertz CT molecular complexity index is 4010. The number of aliphatic imine (C=N–C) groups is 2. The lowest BCUT2D eigenvalue weighted by Gasteiger charge is -2.23. The minimum Gasteiger partial charge on any atom is -0.455 e. The highest BCUT2D eigenvalue weighted by Crippen LogP contribution is 2.38. The van der Waals surface area contributed by atoms with Crippen LogP contribution in [0.25, 0.3) is 76.5 Å². The highest BCUT2D eigenvalue weighted by molar-refractivity contribution is 6.26. The molecule has 0 amide bonds. The fourth-order valence-electron chi connectivity index (χ4n) is 7.17. The maximum absolute atomic E-state index is 9.86. The number of amidine groups is 2. The molecule has 55 heavy (non-hydrogen) atoms. The predicted molar refractivity (Wildman–Crippen MR) is 229 cm³/mol. The zero-order chi connectivity index (χ0) is 49.3. The summed E-state index contributed by atoms with van der Waals surface area (Å²) < 4.78 is 143. The van der Waals surface area contributed by atoms with Crippen molar-refractivity contribution in [1.82, 2.24) is 5.32 Å². The van der Waals surface area contributed by atoms with Crippen molar-refractivity contribution in [2.45, 2.75) is 6.17 Å². The van der Waals surface area contributed by atoms with E-state index in [0.717, 1.165) is 21.9 Å². The van der Waals surface area contributed by atoms with Crippen LogP contribution in [-0.4, -0.2) is 11.7 Å². The molecule has 10 aromatic rings. The molecule has 0 saturated carbocycles. The molecule has 0 fully saturated rings. The standard InChI is InChI=1S/C51H33N3O/c1-2-13-32(14-3-1)33-15-10-17-36(29-33)49-52-50(54-51(53-49)45-25-12-24-44-43-23-8-9-26-47(43)55-48(44)45)37-18-11-16-34(30-37)35-27-28-42-40-21-5-4-19-38(40)39-20-6-7-22-41(39)46(42)31-35/h1-31,49H,(H,52,53,54)/i4D,5D,6D,7D,11D,16D,18D,19D,20D,21D,22D,27D,28D,30D,31D. The van der Waals surface area contributed by atoms with Crippen LogP contribution < -0.4 is 5.32 Å². The molecule has 1 unspecified atom stereocenters. The third kappa shape index (κ3) is 5.30. The van der Waals surface area contributed by atoms with Crippen LogP contribution in [0.2, 0.25) is 0 Å². The highest BCUT2D eigenvalue weighted by Gasteiger charge is 2.24. The quantitative estimate of drug-likeness (QED) is 0.180. The zero-order valence-electron chi connectivity index (χ0n) is 43.6. The molecular formula is C51H33N3O. The van der Waals surface area contributed by atoms with Gasteiger partial charge in [-0.2, -0.15) is 0 Å². The van der Waals surface area contributed by atoms with E-state index in [-0.39, 0.29) is 44.2 Å². The maximum atomic E-state index is 9.86. The Morgan fingerprint density at radius 1 is 0.455 bits per heavy atom. The summed E-state index contributed by atoms with van der Waals surface area (Å²) in [6, 6.07) is 19.8. The van der Waals surface area contributed by atoms with Gasteiger partial charge in [-0.15, -0.1) is 0 Å². The molecule has 0 spiro atoms. The first-order chi connectivity index (χ1) is 33.5. The molecule has 4 heteroatoms. The van der Waals surface area contributed by atoms with Crippen LogP contribution in [0.3, 0.4) is 0 Å². The fraction of sp³-hybridized carbons (Fsp3) is 0.0196. The van der Waals surface area contributed by atoms with Gasteiger partial charge in [-0.1, -0.05) is 157 Å². The summed E-state index contributed by atoms with van der Waals surface area (Å²) in [5.74, 6) is 0.106. The topological polar surface area (TPSA) is 49.9 Å². The minimum atomic E-state index is -1.03. The number of hydrogen-bond acceptors (Lipinski definition) is 4. The van der Waals surface area contributed by atoms with Crippen LogP contribution in [0.15, 0.2) is 202 Å². The molecule has 11 rings (SSSR count). The summed E-state index contributed by atoms with van der Waals surface area (Å²) in [6.45, 7) is 0. The van der Waals surface area contributed by atoms with Gasteiger partial charge in [0.2, 0.25) is 0 Å². The van der Waals surface area contributed by atoms with Crippen molar-refractivity contribution in [1.29, 1.82) is 0 Å². The highest BCUT2D eigenvalue weighted by atomic mass is 16.3. The normalized spacial score (nSPS) is 18.2. The minimum absolute atomic E-state index is 0.121. The molecule has 1 N–H and O–H groups in total. The summed E-state index contributed by atoms with van der Waals surface area (Å²) in [5, 5.41) is 2.66. The summed E-state index contributed by atoms with van der Waals surface area (Å²) in [7, 11) is 0. The molecule has 1 aliphatic rings. The van der Waals surface area contributed by atoms with Gasteiger partial charge in [-0.05, 0) is 90.4 Å². The number of furan rings is 1. The van der Waals surface area contributed by atoms with Crippen LogP contribution in [0, 0.1) is 0 Å². The summed E-state index contributed by atoms with van der Waals surface area (Å²) >= 11 is 0. The van der Waals surface area contributed by atoms with Gasteiger partial charge in [0.15, 0.2) is 6.17 Å². The molecule has 1 aliphatic heterocycles. The van der Waals surface area contributed by atoms with Crippen LogP contribution in [0.4, 0.5) is 0 Å². The lowest BCUT2D eigenvalue weighted by atomic mass is 9.92. The summed E-state index contributed by atoms with van der Waals surface area (Å²) in [4.78, 5) is 10.0. The van der Waals surface area contributed by atoms with Crippen molar-refractivity contribution >= 4 is 65.9 Å². The van der Waals surface area contributed by atoms with Gasteiger partial charge in [-0.3, -0.25) is 0 Å². The number of nitrogens with zero attached hydrogens (tertiary/aromatic N) is 2. The van der Waals surface area contributed by atoms with Crippen molar-refractivity contribution in [3.05, 3.63) is 204 Å². The summed E-state index contributed by atoms with van der Waals surface area (Å²) in [5.41, 5.74) is 2.61. The van der Waals surface area contributed by atoms with E-state index >= 15 is 0 Å². The lowest BCUT2D eigenvalue weighted by Crippen LogP contribution is -2.36. The number of fused-ring (bicyclic) bond motifs is 9. The third-order valence-corrected chi connectivity index (χ3v) is 9.74. The van der Waals surface area contributed by atoms with Gasteiger partial charge in [0.1, 0.15) is 22.8 Å². The van der Waals surface area contributed by atoms with Crippen molar-refractivity contribution in [2.24, 2.45) is 9.98 Å². The second-order valence-corrected chi connectivity index (χ2v) is 13.0. The Balaban J connectivity index is 1.20. The lowest BCUT2D eigenvalue weighted by molar-refractivity contribution is 0.667. The SMILES string of the molecule is [2H]c1c([2H])c(C2=NC(c3cccc(-c4ccccc4)c3)N=C(c3cccc4c3oc3ccccc34)N2)c([2H])c(-c2c([2H])c([2H])c3c4c([2H])c([2H])c([2H])c([2H])c4c4c([2H])c([2H])c([2H])c([2H])c4c3c2[2H])c1[2H]. The van der Waals surface area contributed by atoms with Crippen LogP contribution in [0.5, 0.6) is 0 Å². The Kier molecular flexibility index (Phi) is 4.54. The second kappa shape index (κ2) is 12.7. The average molecular weight is 719 g/mol. The van der Waals surface area contributed by atoms with Gasteiger partial charge in [0, 0.05) is 16.3 Å². The Hall–Kier alpha value is -7.30. The molecular weight excluding hydrogens is 671 g/mol. The van der Waals surface area contributed by atoms with E-state index in [9.17, 15) is 9.60 Å². The van der Waals surface area contributed by atoms with Crippen molar-refractivity contribution < 1.29 is 25.0 Å². The molecule has 0 aliphatic carbocycles. The van der Waals surface area contributed by atoms with E-state index in [4.69, 9.17) is 25.4 Å². The van der Waals surface area contributed by atoms with Crippen molar-refractivity contribution in [3.8, 4) is 22.3 Å². The first-order valence-corrected chi connectivity index (χ1v) is 17.5. The van der Waals surface area contributed by atoms with E-state index in [2.05, 4.69) is 5.32 Å². The van der Waals surface area contributed by atoms with E-state index in [1.165, 1.54) is 0 Å². The van der Waals surface area contributed by atoms with E-state index in [1.54, 1.807) is 6.07 Å². The second-order valence-electron chi connectivity index (χ2n) is 13.0. The number of benzene rings is 9. The van der Waals surface area contributed by atoms with Gasteiger partial charge in [-0.25, -0.2) is 9.98 Å². The molecule has 1 aromatic heterocycles. The summed E-state index contributed by atoms with van der Waals surface area (Å²) in [6.07, 6.45) is -1.03. The smallest absolute Gasteiger partial charge is 0.169 e. The number of rotatable bonds is 5. The Morgan fingerprint density at radius 3 is 1.91 bits per heavy atom. The average Bonchev–Trinajstić information content (AvgIpc) is 3.76. The molecule has 0 bridgehead atoms. The predicted octanol–water partition coefficient (Wildman–Crippen LogP) is 12.9. The Morgan fingerprint density at radius 2 is 1.09 bits per heavy atom. The van der Waals surface area contributed by atoms with Crippen LogP contribution >= 0.6 is 0 Å². The van der Waals surface area contributed by atoms with Crippen molar-refractivity contribution in [2.75, 3.05) is 0 Å². The third-order valence-electron chi connectivity index (χ3n) is 9.74. The Labute approximate surface area is 338 Å². The van der Waals surface area contributed by atoms with Gasteiger partial charge in [0.25, 0.3) is 0 Å². The molecule has 0 saturated heterocycles. The van der Waals surface area contributed by atoms with Gasteiger partial charge in [0.05, 0.1) is 26.1 Å². The van der Waals surface area contributed by atoms with Crippen LogP contribution in [-0.2, 0) is 0 Å². The van der Waals surface area contributed by atoms with Crippen molar-refractivity contribution in [3.63, 3.8) is 0 Å². The molecule has 2 heterocycles. The molecule has 0 radical (unpaired) electrons. The zero-order valence-corrected chi connectivity index (χ0v) is 28.6. The van der Waals surface area contributed by atoms with E-state index < -0.39 is 113 Å². The number of hydrogen-bond donors (Lipinski definition) is 1. The first-order valence-electron chi connectivity index (χ1n) is 25.0. The van der Waals surface area contributed by atoms with E-state index in [0.29, 0.717) is 22.3 Å². The molecule has 9 aromatic carbocycles. The first kappa shape index (κ1) is 19.7.